The second kappa shape index (κ2) is 9.39. The lowest BCUT2D eigenvalue weighted by Gasteiger charge is -2.22. The first-order valence-corrected chi connectivity index (χ1v) is 9.94. The summed E-state index contributed by atoms with van der Waals surface area (Å²) in [6, 6.07) is 13.2. The van der Waals surface area contributed by atoms with Crippen molar-refractivity contribution in [3.8, 4) is 17.6 Å². The normalized spacial score (nSPS) is 17.5. The van der Waals surface area contributed by atoms with Crippen molar-refractivity contribution in [2.75, 3.05) is 27.3 Å². The molecule has 2 aromatic carbocycles. The molecule has 1 unspecified atom stereocenters. The quantitative estimate of drug-likeness (QED) is 0.608. The van der Waals surface area contributed by atoms with Gasteiger partial charge in [0, 0.05) is 6.54 Å². The number of nitriles is 1. The average Bonchev–Trinajstić information content (AvgIpc) is 3.02. The summed E-state index contributed by atoms with van der Waals surface area (Å²) in [6.45, 7) is 1.51. The molecule has 0 radical (unpaired) electrons. The van der Waals surface area contributed by atoms with E-state index in [1.807, 2.05) is 18.2 Å². The van der Waals surface area contributed by atoms with Crippen molar-refractivity contribution in [2.45, 2.75) is 18.9 Å². The number of hydrogen-bond acceptors (Lipinski definition) is 6. The minimum Gasteiger partial charge on any atom is -0.493 e. The minimum absolute atomic E-state index is 0.324. The number of rotatable bonds is 8. The highest BCUT2D eigenvalue weighted by atomic mass is 16.5. The number of hydrogen-bond donors (Lipinski definition) is 2. The standard InChI is InChI=1S/C23H24N4O5/c1-23(17-7-4-16(13-24)5-8-17)21(29)27(22(30)26-23)14-20(28)25-11-10-15-6-9-18(31-2)19(12-15)32-3/h4-9,12H,10-11,14H2,1-3H3,(H,25,28)(H,26,30). The van der Waals surface area contributed by atoms with Gasteiger partial charge in [-0.25, -0.2) is 4.79 Å². The molecule has 1 fully saturated rings. The van der Waals surface area contributed by atoms with Gasteiger partial charge in [-0.1, -0.05) is 18.2 Å². The van der Waals surface area contributed by atoms with Gasteiger partial charge in [-0.2, -0.15) is 5.26 Å². The monoisotopic (exact) mass is 436 g/mol. The third-order valence-electron chi connectivity index (χ3n) is 5.35. The highest BCUT2D eigenvalue weighted by molar-refractivity contribution is 6.09. The Morgan fingerprint density at radius 2 is 1.81 bits per heavy atom. The van der Waals surface area contributed by atoms with Crippen LogP contribution in [0.1, 0.15) is 23.6 Å². The first-order valence-electron chi connectivity index (χ1n) is 9.94. The predicted molar refractivity (Wildman–Crippen MR) is 115 cm³/mol. The van der Waals surface area contributed by atoms with E-state index < -0.39 is 23.4 Å². The zero-order chi connectivity index (χ0) is 23.3. The molecule has 0 aliphatic carbocycles. The van der Waals surface area contributed by atoms with Gasteiger partial charge in [0.1, 0.15) is 12.1 Å². The maximum Gasteiger partial charge on any atom is 0.325 e. The number of nitrogens with one attached hydrogen (secondary N) is 2. The first-order chi connectivity index (χ1) is 15.3. The molecule has 2 N–H and O–H groups in total. The predicted octanol–water partition coefficient (Wildman–Crippen LogP) is 1.70. The Morgan fingerprint density at radius 1 is 1.12 bits per heavy atom. The lowest BCUT2D eigenvalue weighted by molar-refractivity contribution is -0.134. The third-order valence-corrected chi connectivity index (χ3v) is 5.35. The fraction of sp³-hybridized carbons (Fsp3) is 0.304. The molecule has 3 rings (SSSR count). The lowest BCUT2D eigenvalue weighted by Crippen LogP contribution is -2.43. The van der Waals surface area contributed by atoms with Gasteiger partial charge in [0.05, 0.1) is 25.9 Å². The van der Waals surface area contributed by atoms with E-state index in [9.17, 15) is 14.4 Å². The third kappa shape index (κ3) is 4.49. The zero-order valence-electron chi connectivity index (χ0n) is 18.1. The molecule has 0 saturated carbocycles. The van der Waals surface area contributed by atoms with Gasteiger partial charge in [0.15, 0.2) is 11.5 Å². The van der Waals surface area contributed by atoms with E-state index >= 15 is 0 Å². The molecule has 166 valence electrons. The SMILES string of the molecule is COc1ccc(CCNC(=O)CN2C(=O)NC(C)(c3ccc(C#N)cc3)C2=O)cc1OC. The molecule has 2 aromatic rings. The van der Waals surface area contributed by atoms with Crippen molar-refractivity contribution in [3.63, 3.8) is 0 Å². The summed E-state index contributed by atoms with van der Waals surface area (Å²) in [5, 5.41) is 14.3. The number of urea groups is 1. The van der Waals surface area contributed by atoms with Crippen LogP contribution in [0.5, 0.6) is 11.5 Å². The van der Waals surface area contributed by atoms with E-state index in [4.69, 9.17) is 14.7 Å². The molecule has 9 nitrogen and oxygen atoms in total. The number of carbonyl (C=O) groups is 3. The largest absolute Gasteiger partial charge is 0.493 e. The van der Waals surface area contributed by atoms with Gasteiger partial charge in [-0.15, -0.1) is 0 Å². The fourth-order valence-corrected chi connectivity index (χ4v) is 3.50. The van der Waals surface area contributed by atoms with Crippen LogP contribution in [-0.4, -0.2) is 50.1 Å². The van der Waals surface area contributed by atoms with Crippen LogP contribution in [0.3, 0.4) is 0 Å². The van der Waals surface area contributed by atoms with Gasteiger partial charge in [0.25, 0.3) is 5.91 Å². The number of nitrogens with zero attached hydrogens (tertiary/aromatic N) is 2. The van der Waals surface area contributed by atoms with Gasteiger partial charge >= 0.3 is 6.03 Å². The molecule has 4 amide bonds. The molecule has 9 heteroatoms. The van der Waals surface area contributed by atoms with E-state index in [0.717, 1.165) is 10.5 Å². The summed E-state index contributed by atoms with van der Waals surface area (Å²) < 4.78 is 10.5. The Kier molecular flexibility index (Phi) is 6.64. The summed E-state index contributed by atoms with van der Waals surface area (Å²) in [7, 11) is 3.10. The maximum absolute atomic E-state index is 12.9. The van der Waals surface area contributed by atoms with Crippen LogP contribution in [0, 0.1) is 11.3 Å². The zero-order valence-corrected chi connectivity index (χ0v) is 18.1. The molecule has 1 aliphatic heterocycles. The van der Waals surface area contributed by atoms with Crippen LogP contribution in [-0.2, 0) is 21.5 Å². The molecule has 1 heterocycles. The van der Waals surface area contributed by atoms with Crippen LogP contribution in [0.25, 0.3) is 0 Å². The van der Waals surface area contributed by atoms with Gasteiger partial charge < -0.3 is 20.1 Å². The Hall–Kier alpha value is -4.06. The summed E-state index contributed by atoms with van der Waals surface area (Å²) in [5.74, 6) is 0.238. The Morgan fingerprint density at radius 3 is 2.44 bits per heavy atom. The lowest BCUT2D eigenvalue weighted by atomic mass is 9.91. The van der Waals surface area contributed by atoms with Crippen LogP contribution >= 0.6 is 0 Å². The first kappa shape index (κ1) is 22.6. The Labute approximate surface area is 185 Å². The molecule has 1 aliphatic rings. The van der Waals surface area contributed by atoms with Crippen LogP contribution in [0.4, 0.5) is 4.79 Å². The Balaban J connectivity index is 1.58. The smallest absolute Gasteiger partial charge is 0.325 e. The number of carbonyl (C=O) groups excluding carboxylic acids is 3. The molecule has 0 spiro atoms. The maximum atomic E-state index is 12.9. The van der Waals surface area contributed by atoms with E-state index in [-0.39, 0.29) is 6.54 Å². The van der Waals surface area contributed by atoms with Crippen molar-refractivity contribution in [2.24, 2.45) is 0 Å². The van der Waals surface area contributed by atoms with Gasteiger partial charge in [-0.3, -0.25) is 14.5 Å². The summed E-state index contributed by atoms with van der Waals surface area (Å²) in [6.07, 6.45) is 0.537. The average molecular weight is 436 g/mol. The summed E-state index contributed by atoms with van der Waals surface area (Å²) >= 11 is 0. The van der Waals surface area contributed by atoms with Crippen molar-refractivity contribution in [3.05, 3.63) is 59.2 Å². The van der Waals surface area contributed by atoms with Crippen molar-refractivity contribution in [1.29, 1.82) is 5.26 Å². The molecule has 0 aromatic heterocycles. The van der Waals surface area contributed by atoms with Crippen LogP contribution in [0.2, 0.25) is 0 Å². The highest BCUT2D eigenvalue weighted by Crippen LogP contribution is 2.29. The summed E-state index contributed by atoms with van der Waals surface area (Å²) in [5.41, 5.74) is 0.614. The second-order valence-corrected chi connectivity index (χ2v) is 7.42. The highest BCUT2D eigenvalue weighted by Gasteiger charge is 2.49. The number of imide groups is 1. The fourth-order valence-electron chi connectivity index (χ4n) is 3.50. The van der Waals surface area contributed by atoms with Crippen molar-refractivity contribution < 1.29 is 23.9 Å². The topological polar surface area (TPSA) is 121 Å². The van der Waals surface area contributed by atoms with E-state index in [2.05, 4.69) is 10.6 Å². The number of amides is 4. The number of ether oxygens (including phenoxy) is 2. The number of methoxy groups -OCH3 is 2. The molecule has 0 bridgehead atoms. The van der Waals surface area contributed by atoms with E-state index in [0.29, 0.717) is 35.6 Å². The number of benzene rings is 2. The molecular formula is C23H24N4O5. The summed E-state index contributed by atoms with van der Waals surface area (Å²) in [4.78, 5) is 38.6. The van der Waals surface area contributed by atoms with Crippen molar-refractivity contribution >= 4 is 17.8 Å². The van der Waals surface area contributed by atoms with E-state index in [1.54, 1.807) is 51.5 Å². The Bertz CT molecular complexity index is 1080. The van der Waals surface area contributed by atoms with Crippen LogP contribution < -0.4 is 20.1 Å². The van der Waals surface area contributed by atoms with E-state index in [1.165, 1.54) is 0 Å². The second-order valence-electron chi connectivity index (χ2n) is 7.42. The van der Waals surface area contributed by atoms with Gasteiger partial charge in [-0.05, 0) is 48.7 Å². The van der Waals surface area contributed by atoms with Gasteiger partial charge in [0.2, 0.25) is 5.91 Å². The van der Waals surface area contributed by atoms with Crippen molar-refractivity contribution in [1.82, 2.24) is 15.5 Å². The molecular weight excluding hydrogens is 412 g/mol. The molecule has 1 saturated heterocycles. The molecule has 1 atom stereocenters. The minimum atomic E-state index is -1.30. The molecule has 32 heavy (non-hydrogen) atoms. The van der Waals surface area contributed by atoms with Crippen LogP contribution in [0.15, 0.2) is 42.5 Å².